The van der Waals surface area contributed by atoms with Crippen molar-refractivity contribution in [1.29, 1.82) is 0 Å². The zero-order valence-corrected chi connectivity index (χ0v) is 8.43. The Morgan fingerprint density at radius 2 is 2.08 bits per heavy atom. The molecule has 0 aromatic rings. The van der Waals surface area contributed by atoms with E-state index in [2.05, 4.69) is 20.8 Å². The van der Waals surface area contributed by atoms with E-state index in [1.165, 1.54) is 30.4 Å². The van der Waals surface area contributed by atoms with Gasteiger partial charge in [-0.3, -0.25) is 0 Å². The van der Waals surface area contributed by atoms with Gasteiger partial charge < -0.3 is 5.11 Å². The highest BCUT2D eigenvalue weighted by molar-refractivity contribution is 5.38. The third-order valence-corrected chi connectivity index (χ3v) is 2.55. The predicted molar refractivity (Wildman–Crippen MR) is 52.0 cm³/mol. The molecule has 0 bridgehead atoms. The van der Waals surface area contributed by atoms with Crippen molar-refractivity contribution in [2.45, 2.75) is 52.6 Å². The fraction of sp³-hybridized carbons (Fsp3) is 0.818. The summed E-state index contributed by atoms with van der Waals surface area (Å²) in [4.78, 5) is 0. The molecule has 0 spiro atoms. The molecular weight excluding hydrogens is 148 g/mol. The second kappa shape index (κ2) is 4.08. The van der Waals surface area contributed by atoms with Crippen LogP contribution in [0.15, 0.2) is 11.1 Å². The molecule has 0 saturated heterocycles. The average Bonchev–Trinajstić information content (AvgIpc) is 2.78. The van der Waals surface area contributed by atoms with E-state index in [1.54, 1.807) is 0 Å². The Bertz CT molecular complexity index is 179. The Hall–Kier alpha value is -0.300. The number of aliphatic hydroxyl groups excluding tert-OH is 1. The van der Waals surface area contributed by atoms with E-state index in [1.807, 2.05) is 0 Å². The Morgan fingerprint density at radius 1 is 1.42 bits per heavy atom. The summed E-state index contributed by atoms with van der Waals surface area (Å²) in [5, 5.41) is 9.68. The van der Waals surface area contributed by atoms with Gasteiger partial charge in [0.05, 0.1) is 6.10 Å². The SMILES string of the molecule is CCCCC1=C([C@H](O)C(C)C)C1. The van der Waals surface area contributed by atoms with Crippen LogP contribution in [0.5, 0.6) is 0 Å². The third-order valence-electron chi connectivity index (χ3n) is 2.55. The average molecular weight is 168 g/mol. The number of hydrogen-bond acceptors (Lipinski definition) is 1. The highest BCUT2D eigenvalue weighted by Gasteiger charge is 2.28. The standard InChI is InChI=1S/C11H20O/c1-4-5-6-9-7-10(9)11(12)8(2)3/h8,11-12H,4-7H2,1-3H3/t11-/m1/s1. The maximum atomic E-state index is 9.68. The molecule has 0 aromatic heterocycles. The van der Waals surface area contributed by atoms with Crippen molar-refractivity contribution in [3.8, 4) is 0 Å². The van der Waals surface area contributed by atoms with Crippen LogP contribution in [0.4, 0.5) is 0 Å². The van der Waals surface area contributed by atoms with Crippen LogP contribution in [-0.2, 0) is 0 Å². The molecule has 1 rings (SSSR count). The van der Waals surface area contributed by atoms with Gasteiger partial charge >= 0.3 is 0 Å². The smallest absolute Gasteiger partial charge is 0.0778 e. The van der Waals surface area contributed by atoms with Crippen molar-refractivity contribution in [2.75, 3.05) is 0 Å². The normalized spacial score (nSPS) is 18.8. The summed E-state index contributed by atoms with van der Waals surface area (Å²) < 4.78 is 0. The Balaban J connectivity index is 2.32. The molecular formula is C11H20O. The second-order valence-electron chi connectivity index (χ2n) is 4.10. The van der Waals surface area contributed by atoms with Gasteiger partial charge in [-0.15, -0.1) is 0 Å². The minimum Gasteiger partial charge on any atom is -0.388 e. The monoisotopic (exact) mass is 168 g/mol. The largest absolute Gasteiger partial charge is 0.388 e. The molecule has 70 valence electrons. The van der Waals surface area contributed by atoms with Crippen molar-refractivity contribution in [2.24, 2.45) is 5.92 Å². The summed E-state index contributed by atoms with van der Waals surface area (Å²) in [6, 6.07) is 0. The van der Waals surface area contributed by atoms with Gasteiger partial charge in [-0.05, 0) is 30.8 Å². The number of unbranched alkanes of at least 4 members (excludes halogenated alkanes) is 1. The molecule has 1 nitrogen and oxygen atoms in total. The van der Waals surface area contributed by atoms with E-state index in [0.717, 1.165) is 6.42 Å². The number of rotatable bonds is 5. The van der Waals surface area contributed by atoms with E-state index in [4.69, 9.17) is 0 Å². The van der Waals surface area contributed by atoms with E-state index in [-0.39, 0.29) is 6.10 Å². The summed E-state index contributed by atoms with van der Waals surface area (Å²) in [5.74, 6) is 0.388. The van der Waals surface area contributed by atoms with Crippen LogP contribution in [0, 0.1) is 5.92 Å². The third kappa shape index (κ3) is 2.34. The summed E-state index contributed by atoms with van der Waals surface area (Å²) >= 11 is 0. The first kappa shape index (κ1) is 9.79. The number of aliphatic hydroxyl groups is 1. The molecule has 12 heavy (non-hydrogen) atoms. The van der Waals surface area contributed by atoms with Crippen LogP contribution in [0.25, 0.3) is 0 Å². The van der Waals surface area contributed by atoms with Crippen molar-refractivity contribution >= 4 is 0 Å². The number of allylic oxidation sites excluding steroid dienone is 1. The van der Waals surface area contributed by atoms with Crippen molar-refractivity contribution in [3.63, 3.8) is 0 Å². The molecule has 0 heterocycles. The van der Waals surface area contributed by atoms with Gasteiger partial charge in [0.2, 0.25) is 0 Å². The van der Waals surface area contributed by atoms with Crippen LogP contribution in [0.2, 0.25) is 0 Å². The molecule has 0 fully saturated rings. The van der Waals surface area contributed by atoms with Gasteiger partial charge in [0, 0.05) is 0 Å². The highest BCUT2D eigenvalue weighted by Crippen LogP contribution is 2.39. The molecule has 1 aliphatic carbocycles. The molecule has 0 saturated carbocycles. The molecule has 0 unspecified atom stereocenters. The van der Waals surface area contributed by atoms with Crippen LogP contribution in [0.3, 0.4) is 0 Å². The Kier molecular flexibility index (Phi) is 3.33. The first-order valence-corrected chi connectivity index (χ1v) is 5.05. The van der Waals surface area contributed by atoms with Crippen molar-refractivity contribution in [3.05, 3.63) is 11.1 Å². The zero-order chi connectivity index (χ0) is 9.14. The molecule has 1 atom stereocenters. The summed E-state index contributed by atoms with van der Waals surface area (Å²) in [5.41, 5.74) is 2.86. The topological polar surface area (TPSA) is 20.2 Å². The van der Waals surface area contributed by atoms with Gasteiger partial charge in [0.1, 0.15) is 0 Å². The summed E-state index contributed by atoms with van der Waals surface area (Å²) in [6.45, 7) is 6.36. The predicted octanol–water partition coefficient (Wildman–Crippen LogP) is 2.89. The quantitative estimate of drug-likeness (QED) is 0.626. The van der Waals surface area contributed by atoms with Gasteiger partial charge in [0.25, 0.3) is 0 Å². The van der Waals surface area contributed by atoms with Crippen molar-refractivity contribution in [1.82, 2.24) is 0 Å². The van der Waals surface area contributed by atoms with E-state index in [9.17, 15) is 5.11 Å². The van der Waals surface area contributed by atoms with Crippen LogP contribution in [-0.4, -0.2) is 11.2 Å². The lowest BCUT2D eigenvalue weighted by molar-refractivity contribution is 0.164. The number of hydrogen-bond donors (Lipinski definition) is 1. The van der Waals surface area contributed by atoms with Crippen LogP contribution >= 0.6 is 0 Å². The minimum absolute atomic E-state index is 0.156. The van der Waals surface area contributed by atoms with E-state index >= 15 is 0 Å². The van der Waals surface area contributed by atoms with Gasteiger partial charge in [-0.2, -0.15) is 0 Å². The molecule has 0 aliphatic heterocycles. The fourth-order valence-electron chi connectivity index (χ4n) is 1.54. The maximum absolute atomic E-state index is 9.68. The fourth-order valence-corrected chi connectivity index (χ4v) is 1.54. The second-order valence-corrected chi connectivity index (χ2v) is 4.10. The van der Waals surface area contributed by atoms with Gasteiger partial charge in [-0.1, -0.05) is 32.8 Å². The lowest BCUT2D eigenvalue weighted by atomic mass is 10.1. The van der Waals surface area contributed by atoms with Gasteiger partial charge in [-0.25, -0.2) is 0 Å². The van der Waals surface area contributed by atoms with Crippen molar-refractivity contribution < 1.29 is 5.11 Å². The zero-order valence-electron chi connectivity index (χ0n) is 8.43. The lowest BCUT2D eigenvalue weighted by Crippen LogP contribution is -2.12. The molecule has 0 aromatic carbocycles. The van der Waals surface area contributed by atoms with Crippen LogP contribution < -0.4 is 0 Å². The first-order valence-electron chi connectivity index (χ1n) is 5.05. The van der Waals surface area contributed by atoms with Crippen LogP contribution in [0.1, 0.15) is 46.5 Å². The van der Waals surface area contributed by atoms with E-state index < -0.39 is 0 Å². The molecule has 1 heteroatoms. The van der Waals surface area contributed by atoms with E-state index in [0.29, 0.717) is 5.92 Å². The highest BCUT2D eigenvalue weighted by atomic mass is 16.3. The first-order chi connectivity index (χ1) is 5.66. The lowest BCUT2D eigenvalue weighted by Gasteiger charge is -2.09. The Morgan fingerprint density at radius 3 is 2.58 bits per heavy atom. The molecule has 0 radical (unpaired) electrons. The summed E-state index contributed by atoms with van der Waals surface area (Å²) in [6.07, 6.45) is 4.71. The maximum Gasteiger partial charge on any atom is 0.0778 e. The summed E-state index contributed by atoms with van der Waals surface area (Å²) in [7, 11) is 0. The molecule has 0 amide bonds. The molecule has 1 aliphatic rings. The van der Waals surface area contributed by atoms with Gasteiger partial charge in [0.15, 0.2) is 0 Å². The molecule has 1 N–H and O–H groups in total. The Labute approximate surface area is 75.5 Å². The minimum atomic E-state index is -0.156.